The average Bonchev–Trinajstić information content (AvgIpc) is 2.50. The van der Waals surface area contributed by atoms with Gasteiger partial charge in [0.25, 0.3) is 0 Å². The van der Waals surface area contributed by atoms with E-state index in [-0.39, 0.29) is 0 Å². The molecule has 0 fully saturated rings. The first-order valence-electron chi connectivity index (χ1n) is 7.03. The molecule has 7 heteroatoms. The van der Waals surface area contributed by atoms with E-state index in [1.807, 2.05) is 6.92 Å². The minimum absolute atomic E-state index is 0.528. The molecule has 0 aliphatic rings. The molecule has 0 amide bonds. The van der Waals surface area contributed by atoms with Gasteiger partial charge in [-0.3, -0.25) is 0 Å². The van der Waals surface area contributed by atoms with E-state index in [0.717, 1.165) is 12.1 Å². The van der Waals surface area contributed by atoms with Crippen LogP contribution in [0.25, 0.3) is 0 Å². The standard InChI is InChI=1S/C16H17F2NO3S/c1-3-22-14-7-4-12(5-8-14)11(2)19-23(20,21)16-10-13(17)6-9-15(16)18/h4-11,19H,3H2,1-2H3. The summed E-state index contributed by atoms with van der Waals surface area (Å²) in [6.45, 7) is 4.00. The van der Waals surface area contributed by atoms with Crippen LogP contribution in [-0.2, 0) is 10.0 Å². The minimum Gasteiger partial charge on any atom is -0.494 e. The van der Waals surface area contributed by atoms with Gasteiger partial charge in [-0.05, 0) is 49.7 Å². The maximum atomic E-state index is 13.7. The largest absolute Gasteiger partial charge is 0.494 e. The highest BCUT2D eigenvalue weighted by Gasteiger charge is 2.22. The lowest BCUT2D eigenvalue weighted by atomic mass is 10.1. The molecule has 4 nitrogen and oxygen atoms in total. The molecule has 2 rings (SSSR count). The van der Waals surface area contributed by atoms with Crippen molar-refractivity contribution in [1.82, 2.24) is 4.72 Å². The van der Waals surface area contributed by atoms with Gasteiger partial charge in [-0.1, -0.05) is 12.1 Å². The lowest BCUT2D eigenvalue weighted by Gasteiger charge is -2.15. The van der Waals surface area contributed by atoms with Gasteiger partial charge in [-0.2, -0.15) is 0 Å². The van der Waals surface area contributed by atoms with Crippen molar-refractivity contribution in [3.63, 3.8) is 0 Å². The van der Waals surface area contributed by atoms with Gasteiger partial charge in [0.15, 0.2) is 0 Å². The average molecular weight is 341 g/mol. The van der Waals surface area contributed by atoms with Crippen LogP contribution in [0.5, 0.6) is 5.75 Å². The van der Waals surface area contributed by atoms with E-state index in [4.69, 9.17) is 4.74 Å². The van der Waals surface area contributed by atoms with Crippen molar-refractivity contribution in [2.45, 2.75) is 24.8 Å². The van der Waals surface area contributed by atoms with Crippen LogP contribution in [0.4, 0.5) is 8.78 Å². The van der Waals surface area contributed by atoms with E-state index >= 15 is 0 Å². The van der Waals surface area contributed by atoms with Crippen molar-refractivity contribution in [2.75, 3.05) is 6.61 Å². The SMILES string of the molecule is CCOc1ccc(C(C)NS(=O)(=O)c2cc(F)ccc2F)cc1. The Bertz CT molecular complexity index is 776. The van der Waals surface area contributed by atoms with Crippen molar-refractivity contribution >= 4 is 10.0 Å². The zero-order valence-corrected chi connectivity index (χ0v) is 13.5. The predicted octanol–water partition coefficient (Wildman–Crippen LogP) is 3.40. The monoisotopic (exact) mass is 341 g/mol. The smallest absolute Gasteiger partial charge is 0.244 e. The number of halogens is 2. The highest BCUT2D eigenvalue weighted by atomic mass is 32.2. The molecular formula is C16H17F2NO3S. The Kier molecular flexibility index (Phi) is 5.33. The molecule has 1 atom stereocenters. The molecule has 1 unspecified atom stereocenters. The molecule has 23 heavy (non-hydrogen) atoms. The summed E-state index contributed by atoms with van der Waals surface area (Å²) >= 11 is 0. The fraction of sp³-hybridized carbons (Fsp3) is 0.250. The van der Waals surface area contributed by atoms with Crippen molar-refractivity contribution in [2.24, 2.45) is 0 Å². The Morgan fingerprint density at radius 2 is 1.78 bits per heavy atom. The summed E-state index contributed by atoms with van der Waals surface area (Å²) in [5.74, 6) is -1.15. The van der Waals surface area contributed by atoms with Gasteiger partial charge < -0.3 is 4.74 Å². The first kappa shape index (κ1) is 17.4. The lowest BCUT2D eigenvalue weighted by molar-refractivity contribution is 0.340. The number of hydrogen-bond donors (Lipinski definition) is 1. The molecule has 2 aromatic carbocycles. The van der Waals surface area contributed by atoms with Crippen LogP contribution in [0.1, 0.15) is 25.5 Å². The van der Waals surface area contributed by atoms with Crippen LogP contribution in [0.15, 0.2) is 47.4 Å². The lowest BCUT2D eigenvalue weighted by Crippen LogP contribution is -2.27. The molecule has 0 aromatic heterocycles. The van der Waals surface area contributed by atoms with Gasteiger partial charge >= 0.3 is 0 Å². The number of ether oxygens (including phenoxy) is 1. The van der Waals surface area contributed by atoms with Gasteiger partial charge in [-0.15, -0.1) is 0 Å². The van der Waals surface area contributed by atoms with Gasteiger partial charge in [0.2, 0.25) is 10.0 Å². The molecule has 1 N–H and O–H groups in total. The first-order chi connectivity index (χ1) is 10.8. The first-order valence-corrected chi connectivity index (χ1v) is 8.52. The number of nitrogens with one attached hydrogen (secondary N) is 1. The zero-order chi connectivity index (χ0) is 17.0. The van der Waals surface area contributed by atoms with E-state index < -0.39 is 32.6 Å². The number of hydrogen-bond acceptors (Lipinski definition) is 3. The van der Waals surface area contributed by atoms with Crippen LogP contribution in [0.3, 0.4) is 0 Å². The van der Waals surface area contributed by atoms with Crippen molar-refractivity contribution in [1.29, 1.82) is 0 Å². The number of sulfonamides is 1. The molecule has 0 bridgehead atoms. The van der Waals surface area contributed by atoms with E-state index in [0.29, 0.717) is 24.0 Å². The Morgan fingerprint density at radius 1 is 1.13 bits per heavy atom. The van der Waals surface area contributed by atoms with Crippen molar-refractivity contribution in [3.8, 4) is 5.75 Å². The molecule has 0 aliphatic carbocycles. The number of rotatable bonds is 6. The third-order valence-corrected chi connectivity index (χ3v) is 4.76. The summed E-state index contributed by atoms with van der Waals surface area (Å²) in [5, 5.41) is 0. The molecule has 0 aliphatic heterocycles. The second-order valence-electron chi connectivity index (χ2n) is 4.92. The van der Waals surface area contributed by atoms with Crippen molar-refractivity contribution < 1.29 is 21.9 Å². The van der Waals surface area contributed by atoms with Gasteiger partial charge in [0.05, 0.1) is 6.61 Å². The zero-order valence-electron chi connectivity index (χ0n) is 12.7. The summed E-state index contributed by atoms with van der Waals surface area (Å²) in [6.07, 6.45) is 0. The van der Waals surface area contributed by atoms with Gasteiger partial charge in [0, 0.05) is 6.04 Å². The van der Waals surface area contributed by atoms with Crippen LogP contribution in [0.2, 0.25) is 0 Å². The molecule has 0 heterocycles. The fourth-order valence-electron chi connectivity index (χ4n) is 2.07. The summed E-state index contributed by atoms with van der Waals surface area (Å²) in [7, 11) is -4.18. The Morgan fingerprint density at radius 3 is 2.39 bits per heavy atom. The molecular weight excluding hydrogens is 324 g/mol. The molecule has 2 aromatic rings. The normalized spacial score (nSPS) is 12.9. The van der Waals surface area contributed by atoms with E-state index in [2.05, 4.69) is 4.72 Å². The maximum Gasteiger partial charge on any atom is 0.244 e. The van der Waals surface area contributed by atoms with E-state index in [1.54, 1.807) is 31.2 Å². The summed E-state index contributed by atoms with van der Waals surface area (Å²) in [4.78, 5) is -0.713. The topological polar surface area (TPSA) is 55.4 Å². The quantitative estimate of drug-likeness (QED) is 0.876. The summed E-state index contributed by atoms with van der Waals surface area (Å²) < 4.78 is 58.9. The second-order valence-corrected chi connectivity index (χ2v) is 6.60. The maximum absolute atomic E-state index is 13.7. The molecule has 0 radical (unpaired) electrons. The Hall–Kier alpha value is -1.99. The van der Waals surface area contributed by atoms with Crippen LogP contribution in [0, 0.1) is 11.6 Å². The van der Waals surface area contributed by atoms with Gasteiger partial charge in [-0.25, -0.2) is 21.9 Å². The Labute approximate surface area is 134 Å². The number of benzene rings is 2. The Balaban J connectivity index is 2.21. The van der Waals surface area contributed by atoms with Crippen molar-refractivity contribution in [3.05, 3.63) is 59.7 Å². The van der Waals surface area contributed by atoms with Crippen LogP contribution >= 0.6 is 0 Å². The fourth-order valence-corrected chi connectivity index (χ4v) is 3.39. The summed E-state index contributed by atoms with van der Waals surface area (Å²) in [6, 6.07) is 8.54. The van der Waals surface area contributed by atoms with Crippen LogP contribution < -0.4 is 9.46 Å². The minimum atomic E-state index is -4.18. The molecule has 0 spiro atoms. The highest BCUT2D eigenvalue weighted by molar-refractivity contribution is 7.89. The third-order valence-electron chi connectivity index (χ3n) is 3.21. The second kappa shape index (κ2) is 7.06. The molecule has 0 saturated heterocycles. The predicted molar refractivity (Wildman–Crippen MR) is 82.7 cm³/mol. The van der Waals surface area contributed by atoms with E-state index in [1.165, 1.54) is 0 Å². The van der Waals surface area contributed by atoms with Crippen LogP contribution in [-0.4, -0.2) is 15.0 Å². The summed E-state index contributed by atoms with van der Waals surface area (Å²) in [5.41, 5.74) is 0.675. The van der Waals surface area contributed by atoms with E-state index in [9.17, 15) is 17.2 Å². The molecule has 0 saturated carbocycles. The molecule has 124 valence electrons. The highest BCUT2D eigenvalue weighted by Crippen LogP contribution is 2.21. The third kappa shape index (κ3) is 4.27. The van der Waals surface area contributed by atoms with Gasteiger partial charge in [0.1, 0.15) is 22.3 Å².